The number of amides is 1. The van der Waals surface area contributed by atoms with Crippen LogP contribution in [0.15, 0.2) is 43.0 Å². The van der Waals surface area contributed by atoms with Crippen LogP contribution in [0, 0.1) is 25.6 Å². The highest BCUT2D eigenvalue weighted by Gasteiger charge is 2.27. The largest absolute Gasteiger partial charge is 0.456 e. The first-order valence-corrected chi connectivity index (χ1v) is 9.69. The SMILES string of the molecule is C=CCn1c(C)cc(C(=O)COC(=O)[C@@H](NC(=O)c2ccc(F)cc2)C(C)C)c1C. The Morgan fingerprint density at radius 2 is 1.83 bits per heavy atom. The summed E-state index contributed by atoms with van der Waals surface area (Å²) in [5.41, 5.74) is 2.39. The van der Waals surface area contributed by atoms with E-state index in [2.05, 4.69) is 11.9 Å². The number of ether oxygens (including phenoxy) is 1. The van der Waals surface area contributed by atoms with Crippen molar-refractivity contribution in [3.63, 3.8) is 0 Å². The minimum Gasteiger partial charge on any atom is -0.456 e. The summed E-state index contributed by atoms with van der Waals surface area (Å²) in [5.74, 6) is -2.27. The molecule has 0 radical (unpaired) electrons. The van der Waals surface area contributed by atoms with Crippen LogP contribution in [0.5, 0.6) is 0 Å². The zero-order chi connectivity index (χ0) is 22.4. The van der Waals surface area contributed by atoms with Crippen molar-refractivity contribution in [1.29, 1.82) is 0 Å². The highest BCUT2D eigenvalue weighted by molar-refractivity contribution is 6.00. The number of carbonyl (C=O) groups is 3. The molecule has 0 saturated heterocycles. The molecule has 1 amide bonds. The fourth-order valence-corrected chi connectivity index (χ4v) is 3.12. The van der Waals surface area contributed by atoms with E-state index in [9.17, 15) is 18.8 Å². The molecule has 0 spiro atoms. The number of aromatic nitrogens is 1. The third kappa shape index (κ3) is 5.43. The van der Waals surface area contributed by atoms with Gasteiger partial charge in [0.05, 0.1) is 0 Å². The third-order valence-electron chi connectivity index (χ3n) is 4.84. The van der Waals surface area contributed by atoms with Crippen LogP contribution >= 0.6 is 0 Å². The van der Waals surface area contributed by atoms with Crippen LogP contribution < -0.4 is 5.32 Å². The smallest absolute Gasteiger partial charge is 0.329 e. The molecule has 6 nitrogen and oxygen atoms in total. The molecule has 0 fully saturated rings. The van der Waals surface area contributed by atoms with Gasteiger partial charge in [-0.15, -0.1) is 6.58 Å². The predicted octanol–water partition coefficient (Wildman–Crippen LogP) is 3.61. The van der Waals surface area contributed by atoms with E-state index in [1.54, 1.807) is 26.0 Å². The number of hydrogen-bond donors (Lipinski definition) is 1. The summed E-state index contributed by atoms with van der Waals surface area (Å²) in [6.45, 7) is 11.1. The Bertz CT molecular complexity index is 945. The van der Waals surface area contributed by atoms with E-state index in [0.717, 1.165) is 11.4 Å². The highest BCUT2D eigenvalue weighted by atomic mass is 19.1. The highest BCUT2D eigenvalue weighted by Crippen LogP contribution is 2.16. The van der Waals surface area contributed by atoms with E-state index in [1.807, 2.05) is 18.4 Å². The summed E-state index contributed by atoms with van der Waals surface area (Å²) in [6, 6.07) is 5.80. The van der Waals surface area contributed by atoms with Gasteiger partial charge in [0.15, 0.2) is 6.61 Å². The average Bonchev–Trinajstić information content (AvgIpc) is 2.98. The first-order chi connectivity index (χ1) is 14.1. The summed E-state index contributed by atoms with van der Waals surface area (Å²) in [5, 5.41) is 2.59. The summed E-state index contributed by atoms with van der Waals surface area (Å²) >= 11 is 0. The molecule has 2 rings (SSSR count). The molecule has 1 N–H and O–H groups in total. The van der Waals surface area contributed by atoms with Crippen molar-refractivity contribution in [1.82, 2.24) is 9.88 Å². The van der Waals surface area contributed by atoms with Crippen LogP contribution in [0.1, 0.15) is 46.0 Å². The molecule has 0 unspecified atom stereocenters. The molecule has 0 saturated carbocycles. The average molecular weight is 414 g/mol. The molecule has 1 heterocycles. The quantitative estimate of drug-likeness (QED) is 0.386. The van der Waals surface area contributed by atoms with Crippen molar-refractivity contribution in [2.24, 2.45) is 5.92 Å². The molecular formula is C23H27FN2O4. The van der Waals surface area contributed by atoms with E-state index < -0.39 is 30.3 Å². The Hall–Kier alpha value is -3.22. The van der Waals surface area contributed by atoms with Crippen LogP contribution in [-0.4, -0.2) is 34.9 Å². The van der Waals surface area contributed by atoms with Crippen molar-refractivity contribution >= 4 is 17.7 Å². The van der Waals surface area contributed by atoms with E-state index in [1.165, 1.54) is 24.3 Å². The van der Waals surface area contributed by atoms with Gasteiger partial charge in [-0.05, 0) is 50.1 Å². The number of halogens is 1. The van der Waals surface area contributed by atoms with E-state index >= 15 is 0 Å². The maximum Gasteiger partial charge on any atom is 0.329 e. The van der Waals surface area contributed by atoms with Gasteiger partial charge < -0.3 is 14.6 Å². The molecule has 160 valence electrons. The van der Waals surface area contributed by atoms with Crippen molar-refractivity contribution < 1.29 is 23.5 Å². The number of nitrogens with one attached hydrogen (secondary N) is 1. The number of carbonyl (C=O) groups excluding carboxylic acids is 3. The molecular weight excluding hydrogens is 387 g/mol. The Morgan fingerprint density at radius 3 is 2.40 bits per heavy atom. The van der Waals surface area contributed by atoms with Crippen LogP contribution in [0.25, 0.3) is 0 Å². The molecule has 0 aliphatic heterocycles. The maximum atomic E-state index is 13.0. The molecule has 1 aromatic carbocycles. The normalized spacial score (nSPS) is 11.8. The number of aryl methyl sites for hydroxylation is 1. The van der Waals surface area contributed by atoms with Gasteiger partial charge in [0.1, 0.15) is 11.9 Å². The molecule has 0 aliphatic carbocycles. The van der Waals surface area contributed by atoms with Crippen molar-refractivity contribution in [2.75, 3.05) is 6.61 Å². The number of esters is 1. The number of Topliss-reactive ketones (excluding diaryl/α,β-unsaturated/α-hetero) is 1. The summed E-state index contributed by atoms with van der Waals surface area (Å²) in [4.78, 5) is 37.5. The van der Waals surface area contributed by atoms with Gasteiger partial charge in [-0.1, -0.05) is 19.9 Å². The van der Waals surface area contributed by atoms with E-state index in [4.69, 9.17) is 4.74 Å². The van der Waals surface area contributed by atoms with Gasteiger partial charge in [0.25, 0.3) is 5.91 Å². The fraction of sp³-hybridized carbons (Fsp3) is 0.348. The van der Waals surface area contributed by atoms with Crippen LogP contribution in [0.2, 0.25) is 0 Å². The molecule has 0 bridgehead atoms. The lowest BCUT2D eigenvalue weighted by Gasteiger charge is -2.20. The minimum atomic E-state index is -0.941. The number of benzene rings is 1. The second-order valence-corrected chi connectivity index (χ2v) is 7.42. The zero-order valence-corrected chi connectivity index (χ0v) is 17.7. The van der Waals surface area contributed by atoms with Gasteiger partial charge in [0, 0.05) is 29.1 Å². The Labute approximate surface area is 175 Å². The topological polar surface area (TPSA) is 77.4 Å². The van der Waals surface area contributed by atoms with Crippen LogP contribution in [-0.2, 0) is 16.1 Å². The lowest BCUT2D eigenvalue weighted by molar-refractivity contribution is -0.145. The number of allylic oxidation sites excluding steroid dienone is 1. The van der Waals surface area contributed by atoms with E-state index in [0.29, 0.717) is 12.1 Å². The maximum absolute atomic E-state index is 13.0. The Balaban J connectivity index is 2.04. The third-order valence-corrected chi connectivity index (χ3v) is 4.84. The van der Waals surface area contributed by atoms with Gasteiger partial charge in [-0.2, -0.15) is 0 Å². The summed E-state index contributed by atoms with van der Waals surface area (Å²) in [6.07, 6.45) is 1.74. The zero-order valence-electron chi connectivity index (χ0n) is 17.7. The lowest BCUT2D eigenvalue weighted by Crippen LogP contribution is -2.45. The minimum absolute atomic E-state index is 0.223. The first-order valence-electron chi connectivity index (χ1n) is 9.69. The van der Waals surface area contributed by atoms with Gasteiger partial charge in [-0.25, -0.2) is 9.18 Å². The van der Waals surface area contributed by atoms with Crippen LogP contribution in [0.3, 0.4) is 0 Å². The molecule has 0 aliphatic rings. The Kier molecular flexibility index (Phi) is 7.69. The standard InChI is InChI=1S/C23H27FN2O4/c1-6-11-26-15(4)12-19(16(26)5)20(27)13-30-23(29)21(14(2)3)25-22(28)17-7-9-18(24)10-8-17/h6-10,12,14,21H,1,11,13H2,2-5H3,(H,25,28)/t21-/m0/s1. The summed E-state index contributed by atoms with van der Waals surface area (Å²) in [7, 11) is 0. The number of rotatable bonds is 9. The van der Waals surface area contributed by atoms with E-state index in [-0.39, 0.29) is 17.3 Å². The second kappa shape index (κ2) is 10.0. The van der Waals surface area contributed by atoms with Gasteiger partial charge >= 0.3 is 5.97 Å². The van der Waals surface area contributed by atoms with Gasteiger partial charge in [-0.3, -0.25) is 9.59 Å². The number of nitrogens with zero attached hydrogens (tertiary/aromatic N) is 1. The van der Waals surface area contributed by atoms with Crippen molar-refractivity contribution in [3.8, 4) is 0 Å². The second-order valence-electron chi connectivity index (χ2n) is 7.42. The first kappa shape index (κ1) is 23.1. The molecule has 7 heteroatoms. The predicted molar refractivity (Wildman–Crippen MR) is 112 cm³/mol. The molecule has 2 aromatic rings. The number of ketones is 1. The Morgan fingerprint density at radius 1 is 1.20 bits per heavy atom. The molecule has 1 aromatic heterocycles. The fourth-order valence-electron chi connectivity index (χ4n) is 3.12. The van der Waals surface area contributed by atoms with Gasteiger partial charge in [0.2, 0.25) is 5.78 Å². The monoisotopic (exact) mass is 414 g/mol. The van der Waals surface area contributed by atoms with Crippen molar-refractivity contribution in [2.45, 2.75) is 40.3 Å². The number of hydrogen-bond acceptors (Lipinski definition) is 4. The molecule has 30 heavy (non-hydrogen) atoms. The molecule has 1 atom stereocenters. The lowest BCUT2D eigenvalue weighted by atomic mass is 10.0. The van der Waals surface area contributed by atoms with Crippen molar-refractivity contribution in [3.05, 3.63) is 71.3 Å². The van der Waals surface area contributed by atoms with Crippen LogP contribution in [0.4, 0.5) is 4.39 Å². The summed E-state index contributed by atoms with van der Waals surface area (Å²) < 4.78 is 20.2.